The van der Waals surface area contributed by atoms with Gasteiger partial charge in [0.25, 0.3) is 0 Å². The molecule has 0 saturated carbocycles. The Kier molecular flexibility index (Phi) is 5.60. The SMILES string of the molecule is CCOC(=O)c1ccc(C=C(C)c2cc3c(cc2C)C(C)(C)CCC3(C)C)s1. The molecule has 1 aromatic heterocycles. The first-order valence-electron chi connectivity index (χ1n) is 10.2. The minimum atomic E-state index is -0.237. The van der Waals surface area contributed by atoms with Crippen molar-refractivity contribution in [2.75, 3.05) is 6.61 Å². The van der Waals surface area contributed by atoms with Crippen molar-refractivity contribution in [1.82, 2.24) is 0 Å². The molecule has 0 saturated heterocycles. The van der Waals surface area contributed by atoms with Gasteiger partial charge < -0.3 is 4.74 Å². The maximum absolute atomic E-state index is 11.9. The number of fused-ring (bicyclic) bond motifs is 1. The first kappa shape index (κ1) is 20.9. The Bertz CT molecular complexity index is 928. The van der Waals surface area contributed by atoms with Crippen LogP contribution in [0.2, 0.25) is 0 Å². The summed E-state index contributed by atoms with van der Waals surface area (Å²) >= 11 is 1.49. The van der Waals surface area contributed by atoms with E-state index in [0.29, 0.717) is 11.5 Å². The Balaban J connectivity index is 2.00. The van der Waals surface area contributed by atoms with Crippen LogP contribution >= 0.6 is 11.3 Å². The molecule has 0 aliphatic heterocycles. The standard InChI is InChI=1S/C25H32O2S/c1-8-27-23(26)22-10-9-18(28-22)13-16(2)19-15-21-20(14-17(19)3)24(4,5)11-12-25(21,6)7/h9-10,13-15H,8,11-12H2,1-7H3. The van der Waals surface area contributed by atoms with E-state index in [1.54, 1.807) is 0 Å². The lowest BCUT2D eigenvalue weighted by molar-refractivity contribution is 0.0532. The molecule has 0 atom stereocenters. The molecule has 28 heavy (non-hydrogen) atoms. The van der Waals surface area contributed by atoms with Crippen molar-refractivity contribution < 1.29 is 9.53 Å². The second-order valence-electron chi connectivity index (χ2n) is 9.23. The first-order chi connectivity index (χ1) is 13.0. The molecule has 0 N–H and O–H groups in total. The van der Waals surface area contributed by atoms with Crippen molar-refractivity contribution in [2.45, 2.75) is 72.1 Å². The third-order valence-corrected chi connectivity index (χ3v) is 7.10. The van der Waals surface area contributed by atoms with Gasteiger partial charge in [0.2, 0.25) is 0 Å². The largest absolute Gasteiger partial charge is 0.462 e. The minimum Gasteiger partial charge on any atom is -0.462 e. The number of hydrogen-bond acceptors (Lipinski definition) is 3. The maximum atomic E-state index is 11.9. The fourth-order valence-electron chi connectivity index (χ4n) is 4.18. The number of thiophene rings is 1. The molecule has 2 aromatic rings. The number of esters is 1. The first-order valence-corrected chi connectivity index (χ1v) is 11.0. The monoisotopic (exact) mass is 396 g/mol. The van der Waals surface area contributed by atoms with Crippen LogP contribution in [0.25, 0.3) is 11.6 Å². The zero-order chi connectivity index (χ0) is 20.7. The highest BCUT2D eigenvalue weighted by molar-refractivity contribution is 7.14. The molecule has 0 bridgehead atoms. The lowest BCUT2D eigenvalue weighted by atomic mass is 9.62. The van der Waals surface area contributed by atoms with E-state index < -0.39 is 0 Å². The number of hydrogen-bond donors (Lipinski definition) is 0. The van der Waals surface area contributed by atoms with Crippen LogP contribution in [0.5, 0.6) is 0 Å². The fraction of sp³-hybridized carbons (Fsp3) is 0.480. The molecule has 1 heterocycles. The van der Waals surface area contributed by atoms with Crippen LogP contribution in [-0.4, -0.2) is 12.6 Å². The number of carbonyl (C=O) groups is 1. The molecule has 0 amide bonds. The van der Waals surface area contributed by atoms with Gasteiger partial charge in [-0.05, 0) is 90.5 Å². The number of benzene rings is 1. The molecule has 1 aliphatic carbocycles. The topological polar surface area (TPSA) is 26.3 Å². The Morgan fingerprint density at radius 2 is 1.71 bits per heavy atom. The van der Waals surface area contributed by atoms with Gasteiger partial charge in [0.1, 0.15) is 4.88 Å². The van der Waals surface area contributed by atoms with Gasteiger partial charge in [-0.15, -0.1) is 11.3 Å². The average molecular weight is 397 g/mol. The second-order valence-corrected chi connectivity index (χ2v) is 10.3. The smallest absolute Gasteiger partial charge is 0.348 e. The second kappa shape index (κ2) is 7.51. The van der Waals surface area contributed by atoms with Crippen LogP contribution < -0.4 is 0 Å². The van der Waals surface area contributed by atoms with E-state index in [9.17, 15) is 4.79 Å². The number of aryl methyl sites for hydroxylation is 1. The van der Waals surface area contributed by atoms with Crippen molar-refractivity contribution in [3.63, 3.8) is 0 Å². The quantitative estimate of drug-likeness (QED) is 0.513. The van der Waals surface area contributed by atoms with Gasteiger partial charge in [-0.25, -0.2) is 4.79 Å². The van der Waals surface area contributed by atoms with Gasteiger partial charge in [0.15, 0.2) is 0 Å². The molecule has 3 rings (SSSR count). The van der Waals surface area contributed by atoms with Crippen molar-refractivity contribution in [3.8, 4) is 0 Å². The lowest BCUT2D eigenvalue weighted by Crippen LogP contribution is -2.34. The van der Waals surface area contributed by atoms with Crippen LogP contribution in [0.4, 0.5) is 0 Å². The van der Waals surface area contributed by atoms with E-state index >= 15 is 0 Å². The molecule has 0 unspecified atom stereocenters. The normalized spacial score (nSPS) is 17.9. The summed E-state index contributed by atoms with van der Waals surface area (Å²) in [5.41, 5.74) is 7.27. The van der Waals surface area contributed by atoms with Gasteiger partial charge in [0.05, 0.1) is 6.61 Å². The van der Waals surface area contributed by atoms with Crippen molar-refractivity contribution in [1.29, 1.82) is 0 Å². The maximum Gasteiger partial charge on any atom is 0.348 e. The molecule has 3 heteroatoms. The number of allylic oxidation sites excluding steroid dienone is 1. The van der Waals surface area contributed by atoms with Crippen LogP contribution in [0.3, 0.4) is 0 Å². The summed E-state index contributed by atoms with van der Waals surface area (Å²) in [6.45, 7) is 16.1. The lowest BCUT2D eigenvalue weighted by Gasteiger charge is -2.42. The third kappa shape index (κ3) is 3.96. The molecular formula is C25H32O2S. The highest BCUT2D eigenvalue weighted by Crippen LogP contribution is 2.47. The van der Waals surface area contributed by atoms with Crippen molar-refractivity contribution in [3.05, 3.63) is 56.3 Å². The summed E-state index contributed by atoms with van der Waals surface area (Å²) in [5, 5.41) is 0. The van der Waals surface area contributed by atoms with Crippen LogP contribution in [0, 0.1) is 6.92 Å². The van der Waals surface area contributed by atoms with Crippen LogP contribution in [-0.2, 0) is 15.6 Å². The summed E-state index contributed by atoms with van der Waals surface area (Å²) in [6.07, 6.45) is 4.63. The zero-order valence-corrected chi connectivity index (χ0v) is 19.0. The number of ether oxygens (including phenoxy) is 1. The summed E-state index contributed by atoms with van der Waals surface area (Å²) < 4.78 is 5.11. The highest BCUT2D eigenvalue weighted by atomic mass is 32.1. The predicted octanol–water partition coefficient (Wildman–Crippen LogP) is 7.14. The van der Waals surface area contributed by atoms with E-state index in [1.165, 1.54) is 52.0 Å². The summed E-state index contributed by atoms with van der Waals surface area (Å²) in [6, 6.07) is 8.67. The summed E-state index contributed by atoms with van der Waals surface area (Å²) in [5.74, 6) is -0.237. The summed E-state index contributed by atoms with van der Waals surface area (Å²) in [4.78, 5) is 13.7. The Morgan fingerprint density at radius 3 is 2.32 bits per heavy atom. The molecule has 1 aromatic carbocycles. The third-order valence-electron chi connectivity index (χ3n) is 6.08. The molecule has 150 valence electrons. The van der Waals surface area contributed by atoms with Crippen molar-refractivity contribution >= 4 is 29.0 Å². The van der Waals surface area contributed by atoms with Gasteiger partial charge in [-0.3, -0.25) is 0 Å². The predicted molar refractivity (Wildman–Crippen MR) is 120 cm³/mol. The van der Waals surface area contributed by atoms with Gasteiger partial charge in [0, 0.05) is 4.88 Å². The average Bonchev–Trinajstić information content (AvgIpc) is 3.07. The van der Waals surface area contributed by atoms with E-state index in [4.69, 9.17) is 4.74 Å². The van der Waals surface area contributed by atoms with Gasteiger partial charge in [-0.2, -0.15) is 0 Å². The Labute approximate surface area is 173 Å². The molecule has 1 aliphatic rings. The van der Waals surface area contributed by atoms with E-state index in [-0.39, 0.29) is 16.8 Å². The fourth-order valence-corrected chi connectivity index (χ4v) is 5.08. The van der Waals surface area contributed by atoms with Gasteiger partial charge >= 0.3 is 5.97 Å². The number of rotatable bonds is 4. The molecular weight excluding hydrogens is 364 g/mol. The highest BCUT2D eigenvalue weighted by Gasteiger charge is 2.37. The Morgan fingerprint density at radius 1 is 1.11 bits per heavy atom. The molecule has 0 spiro atoms. The van der Waals surface area contributed by atoms with E-state index in [0.717, 1.165) is 4.88 Å². The van der Waals surface area contributed by atoms with Crippen LogP contribution in [0.1, 0.15) is 91.2 Å². The molecule has 0 radical (unpaired) electrons. The molecule has 0 fully saturated rings. The Hall–Kier alpha value is -1.87. The van der Waals surface area contributed by atoms with Gasteiger partial charge in [-0.1, -0.05) is 39.8 Å². The summed E-state index contributed by atoms with van der Waals surface area (Å²) in [7, 11) is 0. The van der Waals surface area contributed by atoms with E-state index in [1.807, 2.05) is 19.1 Å². The molecule has 2 nitrogen and oxygen atoms in total. The van der Waals surface area contributed by atoms with E-state index in [2.05, 4.69) is 59.8 Å². The van der Waals surface area contributed by atoms with Crippen LogP contribution in [0.15, 0.2) is 24.3 Å². The minimum absolute atomic E-state index is 0.202. The van der Waals surface area contributed by atoms with Crippen molar-refractivity contribution in [2.24, 2.45) is 0 Å². The number of carbonyl (C=O) groups excluding carboxylic acids is 1. The zero-order valence-electron chi connectivity index (χ0n) is 18.2.